The second kappa shape index (κ2) is 7.33. The Balaban J connectivity index is 2.14. The highest BCUT2D eigenvalue weighted by atomic mass is 32.2. The fraction of sp³-hybridized carbons (Fsp3) is 0.429. The van der Waals surface area contributed by atoms with Crippen LogP contribution in [-0.4, -0.2) is 28.5 Å². The molecule has 0 amide bonds. The number of methoxy groups -OCH3 is 1. The number of rotatable bonds is 7. The Bertz CT molecular complexity index is 599. The lowest BCUT2D eigenvalue weighted by Gasteiger charge is -2.10. The van der Waals surface area contributed by atoms with E-state index in [1.807, 2.05) is 19.1 Å². The maximum atomic E-state index is 5.95. The van der Waals surface area contributed by atoms with Crippen molar-refractivity contribution in [2.24, 2.45) is 5.73 Å². The predicted molar refractivity (Wildman–Crippen MR) is 84.9 cm³/mol. The topological polar surface area (TPSA) is 92.0 Å². The number of ether oxygens (including phenoxy) is 1. The number of nitrogens with zero attached hydrogens (tertiary/aromatic N) is 3. The van der Waals surface area contributed by atoms with Gasteiger partial charge < -0.3 is 16.3 Å². The first-order valence-corrected chi connectivity index (χ1v) is 7.86. The lowest BCUT2D eigenvalue weighted by molar-refractivity contribution is 0.411. The fourth-order valence-corrected chi connectivity index (χ4v) is 2.91. The standard InChI is InChI=1S/C14H21N5OS/c1-3-13-17-18-14(19(13)16)21-9-11-8-10(6-7-15)4-5-12(11)20-2/h4-5,8H,3,6-7,9,15-16H2,1-2H3. The molecule has 0 unspecified atom stereocenters. The highest BCUT2D eigenvalue weighted by Gasteiger charge is 2.11. The third-order valence-electron chi connectivity index (χ3n) is 3.19. The molecule has 1 aromatic carbocycles. The molecular weight excluding hydrogens is 286 g/mol. The van der Waals surface area contributed by atoms with Crippen molar-refractivity contribution < 1.29 is 4.74 Å². The molecule has 0 saturated heterocycles. The maximum Gasteiger partial charge on any atom is 0.210 e. The van der Waals surface area contributed by atoms with Crippen LogP contribution in [0.3, 0.4) is 0 Å². The number of thioether (sulfide) groups is 1. The van der Waals surface area contributed by atoms with E-state index in [9.17, 15) is 0 Å². The van der Waals surface area contributed by atoms with Gasteiger partial charge in [-0.2, -0.15) is 0 Å². The zero-order valence-electron chi connectivity index (χ0n) is 12.4. The average molecular weight is 307 g/mol. The van der Waals surface area contributed by atoms with E-state index in [1.54, 1.807) is 23.5 Å². The van der Waals surface area contributed by atoms with Crippen LogP contribution in [0.15, 0.2) is 23.4 Å². The van der Waals surface area contributed by atoms with E-state index < -0.39 is 0 Å². The van der Waals surface area contributed by atoms with Crippen LogP contribution >= 0.6 is 11.8 Å². The minimum atomic E-state index is 0.635. The normalized spacial score (nSPS) is 10.8. The Kier molecular flexibility index (Phi) is 5.46. The zero-order chi connectivity index (χ0) is 15.2. The van der Waals surface area contributed by atoms with Crippen molar-refractivity contribution in [3.63, 3.8) is 0 Å². The average Bonchev–Trinajstić information content (AvgIpc) is 2.86. The van der Waals surface area contributed by atoms with Gasteiger partial charge in [-0.15, -0.1) is 10.2 Å². The number of benzene rings is 1. The van der Waals surface area contributed by atoms with E-state index in [2.05, 4.69) is 16.3 Å². The number of aromatic nitrogens is 3. The van der Waals surface area contributed by atoms with Crippen LogP contribution in [0.5, 0.6) is 5.75 Å². The van der Waals surface area contributed by atoms with Crippen molar-refractivity contribution in [1.82, 2.24) is 14.9 Å². The molecule has 7 heteroatoms. The van der Waals surface area contributed by atoms with Crippen molar-refractivity contribution >= 4 is 11.8 Å². The van der Waals surface area contributed by atoms with Gasteiger partial charge in [-0.1, -0.05) is 30.8 Å². The van der Waals surface area contributed by atoms with Crippen molar-refractivity contribution in [2.45, 2.75) is 30.7 Å². The van der Waals surface area contributed by atoms with Crippen LogP contribution in [0.1, 0.15) is 23.9 Å². The zero-order valence-corrected chi connectivity index (χ0v) is 13.2. The summed E-state index contributed by atoms with van der Waals surface area (Å²) in [5, 5.41) is 8.87. The molecule has 1 aromatic heterocycles. The van der Waals surface area contributed by atoms with Crippen molar-refractivity contribution in [3.05, 3.63) is 35.2 Å². The van der Waals surface area contributed by atoms with Crippen LogP contribution in [0.25, 0.3) is 0 Å². The molecule has 2 aromatic rings. The first-order valence-electron chi connectivity index (χ1n) is 6.87. The molecule has 4 N–H and O–H groups in total. The molecule has 0 aliphatic heterocycles. The molecule has 0 saturated carbocycles. The molecule has 0 aliphatic carbocycles. The summed E-state index contributed by atoms with van der Waals surface area (Å²) in [7, 11) is 1.67. The SMILES string of the molecule is CCc1nnc(SCc2cc(CCN)ccc2OC)n1N. The quantitative estimate of drug-likeness (QED) is 0.593. The van der Waals surface area contributed by atoms with Gasteiger partial charge in [0.25, 0.3) is 0 Å². The highest BCUT2D eigenvalue weighted by Crippen LogP contribution is 2.27. The number of aryl methyl sites for hydroxylation is 1. The molecule has 2 rings (SSSR count). The van der Waals surface area contributed by atoms with Crippen LogP contribution in [0, 0.1) is 0 Å². The van der Waals surface area contributed by atoms with Gasteiger partial charge in [0.05, 0.1) is 7.11 Å². The van der Waals surface area contributed by atoms with Gasteiger partial charge in [-0.05, 0) is 24.6 Å². The van der Waals surface area contributed by atoms with Crippen molar-refractivity contribution in [1.29, 1.82) is 0 Å². The molecule has 114 valence electrons. The molecule has 21 heavy (non-hydrogen) atoms. The van der Waals surface area contributed by atoms with E-state index in [-0.39, 0.29) is 0 Å². The lowest BCUT2D eigenvalue weighted by atomic mass is 10.1. The monoisotopic (exact) mass is 307 g/mol. The van der Waals surface area contributed by atoms with E-state index in [4.69, 9.17) is 16.3 Å². The molecule has 0 atom stereocenters. The van der Waals surface area contributed by atoms with Gasteiger partial charge in [0.15, 0.2) is 5.82 Å². The van der Waals surface area contributed by atoms with E-state index in [1.165, 1.54) is 5.56 Å². The molecule has 6 nitrogen and oxygen atoms in total. The third-order valence-corrected chi connectivity index (χ3v) is 4.18. The maximum absolute atomic E-state index is 5.95. The van der Waals surface area contributed by atoms with Crippen LogP contribution in [-0.2, 0) is 18.6 Å². The molecule has 0 radical (unpaired) electrons. The predicted octanol–water partition coefficient (Wildman–Crippen LogP) is 1.36. The van der Waals surface area contributed by atoms with E-state index in [0.717, 1.165) is 35.7 Å². The molecule has 0 bridgehead atoms. The summed E-state index contributed by atoms with van der Waals surface area (Å²) in [6, 6.07) is 6.14. The summed E-state index contributed by atoms with van der Waals surface area (Å²) in [5.41, 5.74) is 7.92. The summed E-state index contributed by atoms with van der Waals surface area (Å²) >= 11 is 1.55. The Morgan fingerprint density at radius 2 is 2.14 bits per heavy atom. The first kappa shape index (κ1) is 15.7. The van der Waals surface area contributed by atoms with Gasteiger partial charge in [-0.3, -0.25) is 0 Å². The van der Waals surface area contributed by atoms with E-state index >= 15 is 0 Å². The highest BCUT2D eigenvalue weighted by molar-refractivity contribution is 7.98. The first-order chi connectivity index (χ1) is 10.2. The molecule has 0 spiro atoms. The Morgan fingerprint density at radius 3 is 2.76 bits per heavy atom. The van der Waals surface area contributed by atoms with Gasteiger partial charge >= 0.3 is 0 Å². The van der Waals surface area contributed by atoms with Crippen molar-refractivity contribution in [3.8, 4) is 5.75 Å². The van der Waals surface area contributed by atoms with Gasteiger partial charge in [0.1, 0.15) is 5.75 Å². The fourth-order valence-electron chi connectivity index (χ4n) is 2.06. The number of hydrogen-bond donors (Lipinski definition) is 2. The lowest BCUT2D eigenvalue weighted by Crippen LogP contribution is -2.13. The van der Waals surface area contributed by atoms with Crippen LogP contribution in [0.4, 0.5) is 0 Å². The van der Waals surface area contributed by atoms with E-state index in [0.29, 0.717) is 11.7 Å². The van der Waals surface area contributed by atoms with Crippen molar-refractivity contribution in [2.75, 3.05) is 19.5 Å². The number of hydrogen-bond acceptors (Lipinski definition) is 6. The van der Waals surface area contributed by atoms with Gasteiger partial charge in [-0.25, -0.2) is 4.68 Å². The number of nitrogen functional groups attached to an aromatic ring is 1. The Labute approximate surface area is 128 Å². The minimum Gasteiger partial charge on any atom is -0.496 e. The smallest absolute Gasteiger partial charge is 0.210 e. The summed E-state index contributed by atoms with van der Waals surface area (Å²) in [4.78, 5) is 0. The Hall–Kier alpha value is -1.73. The third kappa shape index (κ3) is 3.68. The van der Waals surface area contributed by atoms with Crippen LogP contribution in [0.2, 0.25) is 0 Å². The van der Waals surface area contributed by atoms with Crippen LogP contribution < -0.4 is 16.3 Å². The summed E-state index contributed by atoms with van der Waals surface area (Å²) in [6.07, 6.45) is 1.62. The summed E-state index contributed by atoms with van der Waals surface area (Å²) in [5.74, 6) is 8.31. The number of nitrogens with two attached hydrogens (primary N) is 2. The van der Waals surface area contributed by atoms with Gasteiger partial charge in [0.2, 0.25) is 5.16 Å². The summed E-state index contributed by atoms with van der Waals surface area (Å²) in [6.45, 7) is 2.64. The largest absolute Gasteiger partial charge is 0.496 e. The Morgan fingerprint density at radius 1 is 1.33 bits per heavy atom. The second-order valence-corrected chi connectivity index (χ2v) is 5.54. The summed E-state index contributed by atoms with van der Waals surface area (Å²) < 4.78 is 6.95. The molecule has 0 aliphatic rings. The van der Waals surface area contributed by atoms with Gasteiger partial charge in [0, 0.05) is 17.7 Å². The molecular formula is C14H21N5OS. The molecule has 0 fully saturated rings. The molecule has 1 heterocycles. The second-order valence-electron chi connectivity index (χ2n) is 4.60. The minimum absolute atomic E-state index is 0.635.